The molecule has 0 saturated heterocycles. The van der Waals surface area contributed by atoms with Gasteiger partial charge in [0.2, 0.25) is 0 Å². The molecule has 0 N–H and O–H groups in total. The molecule has 0 radical (unpaired) electrons. The smallest absolute Gasteiger partial charge is 0.0645 e. The zero-order chi connectivity index (χ0) is 54.6. The minimum Gasteiger partial charge on any atom is -0.310 e. The van der Waals surface area contributed by atoms with Crippen molar-refractivity contribution in [3.05, 3.63) is 242 Å². The van der Waals surface area contributed by atoms with Crippen molar-refractivity contribution in [2.45, 2.75) is 0 Å². The Morgan fingerprint density at radius 1 is 0.350 bits per heavy atom. The molecule has 0 aliphatic carbocycles. The molecule has 1 aromatic heterocycles. The van der Waals surface area contributed by atoms with Crippen molar-refractivity contribution in [2.75, 3.05) is 4.90 Å². The Kier molecular flexibility index (Phi) is 5.46. The van der Waals surface area contributed by atoms with Crippen LogP contribution in [0.5, 0.6) is 0 Å². The Labute approximate surface area is 374 Å². The van der Waals surface area contributed by atoms with E-state index in [-0.39, 0.29) is 11.3 Å². The van der Waals surface area contributed by atoms with Crippen molar-refractivity contribution < 1.29 is 23.3 Å². The van der Waals surface area contributed by atoms with Crippen LogP contribution < -0.4 is 4.90 Å². The third-order valence-corrected chi connectivity index (χ3v) is 10.6. The zero-order valence-electron chi connectivity index (χ0n) is 48.7. The summed E-state index contributed by atoms with van der Waals surface area (Å²) < 4.78 is 157. The molecule has 0 spiro atoms. The first-order chi connectivity index (χ1) is 36.8. The molecule has 282 valence electrons. The highest BCUT2D eigenvalue weighted by Crippen LogP contribution is 2.43. The van der Waals surface area contributed by atoms with Crippen LogP contribution in [-0.2, 0) is 0 Å². The molecule has 0 saturated carbocycles. The number of benzene rings is 10. The largest absolute Gasteiger partial charge is 0.310 e. The van der Waals surface area contributed by atoms with Crippen molar-refractivity contribution in [2.24, 2.45) is 0 Å². The first kappa shape index (κ1) is 21.7. The summed E-state index contributed by atoms with van der Waals surface area (Å²) in [4.78, 5) is 1.11. The van der Waals surface area contributed by atoms with Gasteiger partial charge in [0.25, 0.3) is 0 Å². The molecule has 1 heterocycles. The molecule has 10 aromatic carbocycles. The molecule has 0 aliphatic rings. The van der Waals surface area contributed by atoms with E-state index >= 15 is 0 Å². The lowest BCUT2D eigenvalue weighted by Crippen LogP contribution is -2.11. The molecule has 0 aliphatic heterocycles. The lowest BCUT2D eigenvalue weighted by Gasteiger charge is -2.28. The number of para-hydroxylation sites is 2. The van der Waals surface area contributed by atoms with Gasteiger partial charge in [-0.15, -0.1) is 0 Å². The molecule has 0 fully saturated rings. The summed E-state index contributed by atoms with van der Waals surface area (Å²) in [5.41, 5.74) is 0.958. The van der Waals surface area contributed by atoms with Crippen LogP contribution in [0.25, 0.3) is 82.8 Å². The second-order valence-electron chi connectivity index (χ2n) is 14.0. The predicted molar refractivity (Wildman–Crippen MR) is 255 cm³/mol. The van der Waals surface area contributed by atoms with Crippen molar-refractivity contribution >= 4 is 49.6 Å². The highest BCUT2D eigenvalue weighted by atomic mass is 15.1. The molecule has 60 heavy (non-hydrogen) atoms. The summed E-state index contributed by atoms with van der Waals surface area (Å²) in [6.07, 6.45) is 0. The lowest BCUT2D eigenvalue weighted by atomic mass is 9.98. The molecule has 0 atom stereocenters. The first-order valence-corrected chi connectivity index (χ1v) is 19.2. The highest BCUT2D eigenvalue weighted by molar-refractivity contribution is 6.11. The van der Waals surface area contributed by atoms with E-state index in [0.717, 1.165) is 48.7 Å². The van der Waals surface area contributed by atoms with Gasteiger partial charge in [0.05, 0.1) is 45.7 Å². The Balaban J connectivity index is 1.17. The molecule has 2 nitrogen and oxygen atoms in total. The van der Waals surface area contributed by atoms with E-state index in [4.69, 9.17) is 9.60 Å². The van der Waals surface area contributed by atoms with Crippen LogP contribution in [0.15, 0.2) is 242 Å². The van der Waals surface area contributed by atoms with Crippen LogP contribution in [0.3, 0.4) is 0 Å². The minimum absolute atomic E-state index is 0.0648. The third kappa shape index (κ3) is 6.32. The number of aromatic nitrogens is 1. The Morgan fingerprint density at radius 3 is 1.75 bits per heavy atom. The second-order valence-corrected chi connectivity index (χ2v) is 14.0. The number of hydrogen-bond acceptors (Lipinski definition) is 1. The maximum absolute atomic E-state index is 9.83. The molecule has 2 heteroatoms. The Morgan fingerprint density at radius 2 is 0.933 bits per heavy atom. The molecule has 11 rings (SSSR count). The minimum atomic E-state index is -0.898. The first-order valence-electron chi connectivity index (χ1n) is 27.7. The quantitative estimate of drug-likeness (QED) is 0.149. The van der Waals surface area contributed by atoms with Crippen molar-refractivity contribution in [1.29, 1.82) is 0 Å². The van der Waals surface area contributed by atoms with Gasteiger partial charge in [0, 0.05) is 33.1 Å². The fourth-order valence-electron chi connectivity index (χ4n) is 7.75. The van der Waals surface area contributed by atoms with Crippen LogP contribution in [-0.4, -0.2) is 4.57 Å². The van der Waals surface area contributed by atoms with E-state index in [1.54, 1.807) is 30.3 Å². The van der Waals surface area contributed by atoms with Gasteiger partial charge < -0.3 is 9.47 Å². The number of hydrogen-bond donors (Lipinski definition) is 0. The van der Waals surface area contributed by atoms with E-state index in [1.807, 2.05) is 103 Å². The lowest BCUT2D eigenvalue weighted by molar-refractivity contribution is 1.20. The third-order valence-electron chi connectivity index (χ3n) is 10.6. The van der Waals surface area contributed by atoms with Gasteiger partial charge in [-0.05, 0) is 98.9 Å². The van der Waals surface area contributed by atoms with Gasteiger partial charge in [-0.25, -0.2) is 0 Å². The Hall–Kier alpha value is -7.94. The van der Waals surface area contributed by atoms with Gasteiger partial charge >= 0.3 is 0 Å². The summed E-state index contributed by atoms with van der Waals surface area (Å²) >= 11 is 0. The molecule has 0 amide bonds. The predicted octanol–water partition coefficient (Wildman–Crippen LogP) is 16.1. The number of fused-ring (bicyclic) bond motifs is 4. The van der Waals surface area contributed by atoms with Crippen molar-refractivity contribution in [3.63, 3.8) is 0 Å². The number of anilines is 3. The van der Waals surface area contributed by atoms with Gasteiger partial charge in [0.15, 0.2) is 0 Å². The van der Waals surface area contributed by atoms with E-state index in [1.165, 1.54) is 0 Å². The molecule has 0 bridgehead atoms. The van der Waals surface area contributed by atoms with E-state index < -0.39 is 136 Å². The van der Waals surface area contributed by atoms with E-state index in [2.05, 4.69) is 10.6 Å². The summed E-state index contributed by atoms with van der Waals surface area (Å²) in [5, 5.41) is 3.71. The average molecular weight is 782 g/mol. The fourth-order valence-corrected chi connectivity index (χ4v) is 7.75. The summed E-state index contributed by atoms with van der Waals surface area (Å²) in [6.45, 7) is 0. The van der Waals surface area contributed by atoms with Crippen LogP contribution in [0.1, 0.15) is 23.3 Å². The highest BCUT2D eigenvalue weighted by Gasteiger charge is 2.19. The number of rotatable bonds is 8. The van der Waals surface area contributed by atoms with Gasteiger partial charge in [-0.2, -0.15) is 0 Å². The normalized spacial score (nSPS) is 15.3. The van der Waals surface area contributed by atoms with Crippen molar-refractivity contribution in [1.82, 2.24) is 4.57 Å². The van der Waals surface area contributed by atoms with E-state index in [0.29, 0.717) is 11.1 Å². The maximum Gasteiger partial charge on any atom is 0.0645 e. The summed E-state index contributed by atoms with van der Waals surface area (Å²) in [7, 11) is 0. The van der Waals surface area contributed by atoms with Crippen LogP contribution in [0.4, 0.5) is 17.1 Å². The Bertz CT molecular complexity index is 4220. The monoisotopic (exact) mass is 781 g/mol. The van der Waals surface area contributed by atoms with Gasteiger partial charge in [0.1, 0.15) is 0 Å². The van der Waals surface area contributed by atoms with E-state index in [9.17, 15) is 13.7 Å². The van der Waals surface area contributed by atoms with Crippen LogP contribution in [0, 0.1) is 0 Å². The average Bonchev–Trinajstić information content (AvgIpc) is 3.89. The zero-order valence-corrected chi connectivity index (χ0v) is 31.7. The number of nitrogens with zero attached hydrogens (tertiary/aromatic N) is 2. The SMILES string of the molecule is [2H]c1c([2H])c([2H])c(-c2c([2H])c([2H])c(-c3c([2H])c([2H])c([2H])c([2H])c3N(c3ccc(-c4ccccc4)cc3)c3c([2H])c([2H])c(-c4ccc5c(c4)c4ccccc4n5-c4cccc5ccccc45)c([2H])c3[2H])c([2H])c2[2H])c([2H])c1[2H]. The topological polar surface area (TPSA) is 8.17 Å². The van der Waals surface area contributed by atoms with Gasteiger partial charge in [-0.1, -0.05) is 188 Å². The molecule has 11 aromatic rings. The summed E-state index contributed by atoms with van der Waals surface area (Å²) in [5.74, 6) is 0. The second kappa shape index (κ2) is 15.1. The van der Waals surface area contributed by atoms with Crippen LogP contribution in [0.2, 0.25) is 0 Å². The standard InChI is InChI=1S/C58H40N2/c1-3-14-41(15-4-1)43-26-28-47(29-27-43)52-21-9-11-23-55(52)59(49-35-30-44(31-36-49)42-16-5-2-6-17-42)50-37-32-45(33-38-50)48-34-39-58-54(40-48)53-22-10-12-24-57(53)60(58)56-25-13-19-46-18-7-8-20-51(46)56/h1-40H/i1D,3D,4D,9D,11D,14D,15D,21D,23D,26D,27D,28D,29D,32D,33D,37D,38D. The molecule has 0 unspecified atom stereocenters. The maximum atomic E-state index is 9.83. The molecular weight excluding hydrogens is 725 g/mol. The fraction of sp³-hybridized carbons (Fsp3) is 0. The molecular formula is C58H40N2. The van der Waals surface area contributed by atoms with Crippen LogP contribution >= 0.6 is 0 Å². The van der Waals surface area contributed by atoms with Gasteiger partial charge in [-0.3, -0.25) is 0 Å². The van der Waals surface area contributed by atoms with Crippen molar-refractivity contribution in [3.8, 4) is 50.2 Å². The summed E-state index contributed by atoms with van der Waals surface area (Å²) in [6, 6.07) is 30.2.